The van der Waals surface area contributed by atoms with Crippen molar-refractivity contribution in [2.75, 3.05) is 5.75 Å². The zero-order valence-corrected chi connectivity index (χ0v) is 21.0. The van der Waals surface area contributed by atoms with E-state index in [0.717, 1.165) is 23.8 Å². The molecule has 0 aromatic carbocycles. The summed E-state index contributed by atoms with van der Waals surface area (Å²) in [6.45, 7) is 7.90. The van der Waals surface area contributed by atoms with E-state index in [1.807, 2.05) is 20.8 Å². The predicted octanol–water partition coefficient (Wildman–Crippen LogP) is 4.08. The van der Waals surface area contributed by atoms with Crippen molar-refractivity contribution < 1.29 is 29.3 Å². The maximum Gasteiger partial charge on any atom is 0.330 e. The molecule has 2 bridgehead atoms. The second-order valence-corrected chi connectivity index (χ2v) is 11.0. The van der Waals surface area contributed by atoms with E-state index in [1.54, 1.807) is 0 Å². The molecule has 0 aliphatic carbocycles. The Morgan fingerprint density at radius 2 is 1.94 bits per heavy atom. The molecule has 1 amide bonds. The highest BCUT2D eigenvalue weighted by atomic mass is 32.2. The second-order valence-electron chi connectivity index (χ2n) is 10.1. The number of ether oxygens (including phenoxy) is 2. The summed E-state index contributed by atoms with van der Waals surface area (Å²) < 4.78 is 12.1. The maximum absolute atomic E-state index is 12.6. The van der Waals surface area contributed by atoms with Gasteiger partial charge in [0.1, 0.15) is 11.6 Å². The fourth-order valence-electron chi connectivity index (χ4n) is 4.91. The number of esters is 1. The SMILES string of the molecule is CCC1(C2(O)CC3CC(CCC(C)C=CC(C)C(O)CCC(C)=CC(=O)O3)O2)CSC(=O)N1. The first-order valence-electron chi connectivity index (χ1n) is 12.1. The molecular weight excluding hydrogens is 442 g/mol. The van der Waals surface area contributed by atoms with Crippen LogP contribution in [0, 0.1) is 11.8 Å². The van der Waals surface area contributed by atoms with Gasteiger partial charge in [-0.15, -0.1) is 0 Å². The first kappa shape index (κ1) is 26.3. The van der Waals surface area contributed by atoms with Crippen molar-refractivity contribution in [2.24, 2.45) is 11.8 Å². The highest BCUT2D eigenvalue weighted by Crippen LogP contribution is 2.44. The molecule has 33 heavy (non-hydrogen) atoms. The van der Waals surface area contributed by atoms with Gasteiger partial charge in [0.15, 0.2) is 5.79 Å². The molecule has 7 unspecified atom stereocenters. The van der Waals surface area contributed by atoms with Crippen LogP contribution in [0.4, 0.5) is 4.79 Å². The van der Waals surface area contributed by atoms with Gasteiger partial charge in [0, 0.05) is 24.7 Å². The third kappa shape index (κ3) is 6.41. The molecule has 0 radical (unpaired) electrons. The summed E-state index contributed by atoms with van der Waals surface area (Å²) in [6.07, 6.45) is 8.22. The van der Waals surface area contributed by atoms with Crippen LogP contribution in [-0.4, -0.2) is 56.8 Å². The lowest BCUT2D eigenvalue weighted by molar-refractivity contribution is -0.305. The number of aliphatic hydroxyl groups excluding tert-OH is 1. The van der Waals surface area contributed by atoms with Gasteiger partial charge in [-0.3, -0.25) is 4.79 Å². The summed E-state index contributed by atoms with van der Waals surface area (Å²) in [6, 6.07) is 0. The average Bonchev–Trinajstić information content (AvgIpc) is 3.16. The highest BCUT2D eigenvalue weighted by Gasteiger charge is 2.58. The topological polar surface area (TPSA) is 105 Å². The predicted molar refractivity (Wildman–Crippen MR) is 129 cm³/mol. The van der Waals surface area contributed by atoms with Crippen molar-refractivity contribution in [3.8, 4) is 0 Å². The van der Waals surface area contributed by atoms with Crippen LogP contribution in [0.2, 0.25) is 0 Å². The van der Waals surface area contributed by atoms with Gasteiger partial charge in [0.2, 0.25) is 0 Å². The lowest BCUT2D eigenvalue weighted by atomic mass is 9.80. The average molecular weight is 482 g/mol. The molecule has 7 atom stereocenters. The zero-order chi connectivity index (χ0) is 24.2. The van der Waals surface area contributed by atoms with Crippen molar-refractivity contribution in [2.45, 2.75) is 102 Å². The van der Waals surface area contributed by atoms with E-state index in [-0.39, 0.29) is 29.6 Å². The van der Waals surface area contributed by atoms with Crippen LogP contribution in [0.3, 0.4) is 0 Å². The Balaban J connectivity index is 1.86. The number of carbonyl (C=O) groups excluding carboxylic acids is 2. The summed E-state index contributed by atoms with van der Waals surface area (Å²) in [5, 5.41) is 24.9. The van der Waals surface area contributed by atoms with Crippen LogP contribution in [0.1, 0.15) is 72.6 Å². The molecule has 3 aliphatic heterocycles. The molecule has 0 spiro atoms. The Morgan fingerprint density at radius 1 is 1.18 bits per heavy atom. The third-order valence-electron chi connectivity index (χ3n) is 7.31. The zero-order valence-electron chi connectivity index (χ0n) is 20.2. The number of hydrogen-bond acceptors (Lipinski definition) is 7. The van der Waals surface area contributed by atoms with Crippen LogP contribution in [0.25, 0.3) is 0 Å². The molecular formula is C25H39NO6S. The van der Waals surface area contributed by atoms with E-state index in [9.17, 15) is 19.8 Å². The fourth-order valence-corrected chi connectivity index (χ4v) is 6.06. The van der Waals surface area contributed by atoms with Crippen LogP contribution in [0.5, 0.6) is 0 Å². The number of nitrogens with one attached hydrogen (secondary N) is 1. The van der Waals surface area contributed by atoms with Crippen LogP contribution in [0.15, 0.2) is 23.8 Å². The first-order valence-corrected chi connectivity index (χ1v) is 13.1. The minimum atomic E-state index is -1.61. The van der Waals surface area contributed by atoms with E-state index in [4.69, 9.17) is 9.47 Å². The molecule has 0 aromatic rings. The molecule has 8 heteroatoms. The molecule has 0 aromatic heterocycles. The van der Waals surface area contributed by atoms with Crippen LogP contribution >= 0.6 is 11.8 Å². The number of hydrogen-bond donors (Lipinski definition) is 3. The monoisotopic (exact) mass is 481 g/mol. The summed E-state index contributed by atoms with van der Waals surface area (Å²) in [4.78, 5) is 24.7. The minimum absolute atomic E-state index is 0.0217. The van der Waals surface area contributed by atoms with Gasteiger partial charge in [-0.2, -0.15) is 0 Å². The Labute approximate surface area is 201 Å². The normalized spacial score (nSPS) is 41.3. The molecule has 7 nitrogen and oxygen atoms in total. The second kappa shape index (κ2) is 10.9. The van der Waals surface area contributed by atoms with Gasteiger partial charge in [-0.1, -0.05) is 50.3 Å². The molecule has 3 N–H and O–H groups in total. The number of fused-ring (bicyclic) bond motifs is 2. The number of carbonyl (C=O) groups is 2. The van der Waals surface area contributed by atoms with Crippen LogP contribution < -0.4 is 5.32 Å². The van der Waals surface area contributed by atoms with Gasteiger partial charge in [0.25, 0.3) is 5.24 Å². The number of aliphatic hydroxyl groups is 2. The number of amides is 1. The fraction of sp³-hybridized carbons (Fsp3) is 0.760. The van der Waals surface area contributed by atoms with Crippen molar-refractivity contribution >= 4 is 23.0 Å². The number of allylic oxidation sites excluding steroid dienone is 2. The molecule has 186 valence electrons. The largest absolute Gasteiger partial charge is 0.459 e. The quantitative estimate of drug-likeness (QED) is 0.403. The first-order chi connectivity index (χ1) is 15.6. The van der Waals surface area contributed by atoms with Gasteiger partial charge >= 0.3 is 5.97 Å². The summed E-state index contributed by atoms with van der Waals surface area (Å²) >= 11 is 1.15. The smallest absolute Gasteiger partial charge is 0.330 e. The number of thioether (sulfide) groups is 1. The Morgan fingerprint density at radius 3 is 2.61 bits per heavy atom. The number of rotatable bonds is 2. The Kier molecular flexibility index (Phi) is 8.70. The molecule has 0 saturated carbocycles. The lowest BCUT2D eigenvalue weighted by Gasteiger charge is -2.49. The van der Waals surface area contributed by atoms with E-state index < -0.39 is 29.5 Å². The Bertz CT molecular complexity index is 785. The maximum atomic E-state index is 12.6. The van der Waals surface area contributed by atoms with E-state index >= 15 is 0 Å². The van der Waals surface area contributed by atoms with Crippen molar-refractivity contribution in [1.29, 1.82) is 0 Å². The van der Waals surface area contributed by atoms with E-state index in [1.165, 1.54) is 6.08 Å². The minimum Gasteiger partial charge on any atom is -0.459 e. The molecule has 2 fully saturated rings. The molecule has 3 rings (SSSR count). The lowest BCUT2D eigenvalue weighted by Crippen LogP contribution is -2.67. The van der Waals surface area contributed by atoms with Gasteiger partial charge < -0.3 is 25.0 Å². The summed E-state index contributed by atoms with van der Waals surface area (Å²) in [5.74, 6) is -1.36. The standard InChI is InChI=1S/C25H39NO6S/c1-5-24(15-33-23(29)26-24)25(30)14-20-13-19(32-25)10-7-16(2)6-9-18(4)21(27)11-8-17(3)12-22(28)31-20/h6,9,12,16,18-21,27,30H,5,7-8,10-11,13-15H2,1-4H3,(H,26,29). The van der Waals surface area contributed by atoms with Crippen molar-refractivity contribution in [1.82, 2.24) is 5.32 Å². The summed E-state index contributed by atoms with van der Waals surface area (Å²) in [7, 11) is 0. The van der Waals surface area contributed by atoms with Gasteiger partial charge in [-0.25, -0.2) is 4.79 Å². The summed E-state index contributed by atoms with van der Waals surface area (Å²) in [5.41, 5.74) is -0.0686. The van der Waals surface area contributed by atoms with Gasteiger partial charge in [0.05, 0.1) is 12.2 Å². The highest BCUT2D eigenvalue weighted by molar-refractivity contribution is 8.14. The van der Waals surface area contributed by atoms with Crippen LogP contribution in [-0.2, 0) is 14.3 Å². The van der Waals surface area contributed by atoms with Gasteiger partial charge in [-0.05, 0) is 50.9 Å². The third-order valence-corrected chi connectivity index (χ3v) is 8.31. The Hall–Kier alpha value is -1.35. The van der Waals surface area contributed by atoms with E-state index in [2.05, 4.69) is 24.4 Å². The molecule has 3 aliphatic rings. The van der Waals surface area contributed by atoms with Crippen molar-refractivity contribution in [3.63, 3.8) is 0 Å². The molecule has 3 heterocycles. The molecule has 2 saturated heterocycles. The van der Waals surface area contributed by atoms with Crippen molar-refractivity contribution in [3.05, 3.63) is 23.8 Å². The van der Waals surface area contributed by atoms with E-state index in [0.29, 0.717) is 37.9 Å².